The van der Waals surface area contributed by atoms with Crippen molar-refractivity contribution in [3.8, 4) is 0 Å². The van der Waals surface area contributed by atoms with E-state index in [-0.39, 0.29) is 18.0 Å². The molecule has 0 aliphatic carbocycles. The molecule has 8 nitrogen and oxygen atoms in total. The number of alkyl carbamates (subject to hydrolysis) is 1. The Labute approximate surface area is 198 Å². The predicted octanol–water partition coefficient (Wildman–Crippen LogP) is 3.33. The molecule has 0 aliphatic rings. The van der Waals surface area contributed by atoms with Crippen molar-refractivity contribution >= 4 is 17.9 Å². The lowest BCUT2D eigenvalue weighted by Crippen LogP contribution is -2.57. The third kappa shape index (κ3) is 8.68. The van der Waals surface area contributed by atoms with Crippen LogP contribution in [0, 0.1) is 0 Å². The van der Waals surface area contributed by atoms with Crippen LogP contribution in [-0.2, 0) is 20.7 Å². The molecule has 0 radical (unpaired) electrons. The van der Waals surface area contributed by atoms with Gasteiger partial charge in [0.2, 0.25) is 11.8 Å². The van der Waals surface area contributed by atoms with Crippen LogP contribution < -0.4 is 10.6 Å². The van der Waals surface area contributed by atoms with E-state index >= 15 is 0 Å². The summed E-state index contributed by atoms with van der Waals surface area (Å²) < 4.78 is 5.25. The van der Waals surface area contributed by atoms with Gasteiger partial charge in [0, 0.05) is 12.1 Å². The lowest BCUT2D eigenvalue weighted by molar-refractivity contribution is -0.146. The van der Waals surface area contributed by atoms with E-state index in [1.54, 1.807) is 20.8 Å². The number of amides is 3. The third-order valence-corrected chi connectivity index (χ3v) is 5.15. The molecule has 8 heteroatoms. The smallest absolute Gasteiger partial charge is 0.408 e. The number of carbonyl (C=O) groups is 3. The van der Waals surface area contributed by atoms with Crippen molar-refractivity contribution in [1.82, 2.24) is 15.5 Å². The largest absolute Gasteiger partial charge is 0.444 e. The number of nitrogens with zero attached hydrogens (tertiary/aromatic N) is 1. The van der Waals surface area contributed by atoms with Gasteiger partial charge in [-0.15, -0.1) is 0 Å². The minimum atomic E-state index is -1.25. The summed E-state index contributed by atoms with van der Waals surface area (Å²) in [7, 11) is 0. The van der Waals surface area contributed by atoms with Gasteiger partial charge < -0.3 is 25.4 Å². The molecule has 33 heavy (non-hydrogen) atoms. The van der Waals surface area contributed by atoms with Gasteiger partial charge in [-0.05, 0) is 65.5 Å². The van der Waals surface area contributed by atoms with E-state index in [4.69, 9.17) is 4.74 Å². The number of hydrogen-bond acceptors (Lipinski definition) is 5. The Morgan fingerprint density at radius 2 is 1.61 bits per heavy atom. The molecular formula is C25H41N3O5. The summed E-state index contributed by atoms with van der Waals surface area (Å²) in [6, 6.07) is 4.94. The molecule has 0 bridgehead atoms. The van der Waals surface area contributed by atoms with Gasteiger partial charge in [0.25, 0.3) is 0 Å². The van der Waals surface area contributed by atoms with Crippen molar-refractivity contribution in [2.45, 2.75) is 98.0 Å². The fourth-order valence-electron chi connectivity index (χ4n) is 3.35. The number of carbonyl (C=O) groups excluding carboxylic acids is 3. The molecule has 1 rings (SSSR count). The van der Waals surface area contributed by atoms with Gasteiger partial charge in [0.1, 0.15) is 17.7 Å². The van der Waals surface area contributed by atoms with E-state index in [1.807, 2.05) is 58.9 Å². The van der Waals surface area contributed by atoms with E-state index < -0.39 is 36.3 Å². The zero-order chi connectivity index (χ0) is 25.3. The van der Waals surface area contributed by atoms with Crippen LogP contribution in [0.4, 0.5) is 4.79 Å². The second-order valence-corrected chi connectivity index (χ2v) is 9.55. The highest BCUT2D eigenvalue weighted by Crippen LogP contribution is 2.27. The van der Waals surface area contributed by atoms with Crippen LogP contribution in [0.15, 0.2) is 24.3 Å². The first-order valence-corrected chi connectivity index (χ1v) is 11.7. The van der Waals surface area contributed by atoms with Crippen LogP contribution in [0.3, 0.4) is 0 Å². The summed E-state index contributed by atoms with van der Waals surface area (Å²) >= 11 is 0. The van der Waals surface area contributed by atoms with Gasteiger partial charge in [-0.25, -0.2) is 4.79 Å². The van der Waals surface area contributed by atoms with Crippen LogP contribution in [0.2, 0.25) is 0 Å². The highest BCUT2D eigenvalue weighted by Gasteiger charge is 2.38. The molecule has 3 atom stereocenters. The summed E-state index contributed by atoms with van der Waals surface area (Å²) in [6.45, 7) is 14.0. The molecule has 0 heterocycles. The molecule has 0 saturated carbocycles. The van der Waals surface area contributed by atoms with Crippen molar-refractivity contribution in [2.24, 2.45) is 0 Å². The van der Waals surface area contributed by atoms with Gasteiger partial charge in [-0.2, -0.15) is 0 Å². The zero-order valence-corrected chi connectivity index (χ0v) is 21.3. The highest BCUT2D eigenvalue weighted by molar-refractivity contribution is 5.92. The molecule has 3 amide bonds. The van der Waals surface area contributed by atoms with Crippen LogP contribution in [0.1, 0.15) is 79.0 Å². The molecule has 186 valence electrons. The normalized spacial score (nSPS) is 14.2. The van der Waals surface area contributed by atoms with Gasteiger partial charge in [0.05, 0.1) is 6.61 Å². The molecule has 0 spiro atoms. The fourth-order valence-corrected chi connectivity index (χ4v) is 3.35. The third-order valence-electron chi connectivity index (χ3n) is 5.15. The maximum atomic E-state index is 13.6. The molecular weight excluding hydrogens is 422 g/mol. The van der Waals surface area contributed by atoms with Crippen LogP contribution >= 0.6 is 0 Å². The number of aryl methyl sites for hydroxylation is 1. The first kappa shape index (κ1) is 28.4. The molecule has 1 aromatic carbocycles. The summed E-state index contributed by atoms with van der Waals surface area (Å²) in [5, 5.41) is 15.3. The SMILES string of the molecule is CCc1ccc(C(C(=O)NC(C)C)N(C(=O)C(CO)NC(=O)OC(C)(C)C)C(C)CC)cc1. The molecule has 0 aromatic heterocycles. The lowest BCUT2D eigenvalue weighted by atomic mass is 9.98. The Morgan fingerprint density at radius 3 is 2.03 bits per heavy atom. The quantitative estimate of drug-likeness (QED) is 0.493. The Balaban J connectivity index is 3.41. The van der Waals surface area contributed by atoms with Gasteiger partial charge >= 0.3 is 6.09 Å². The number of benzene rings is 1. The second-order valence-electron chi connectivity index (χ2n) is 9.55. The van der Waals surface area contributed by atoms with Gasteiger partial charge in [-0.3, -0.25) is 9.59 Å². The van der Waals surface area contributed by atoms with Crippen molar-refractivity contribution in [3.63, 3.8) is 0 Å². The number of aliphatic hydroxyl groups excluding tert-OH is 1. The van der Waals surface area contributed by atoms with E-state index in [9.17, 15) is 19.5 Å². The van der Waals surface area contributed by atoms with E-state index in [0.29, 0.717) is 12.0 Å². The first-order chi connectivity index (χ1) is 15.3. The fraction of sp³-hybridized carbons (Fsp3) is 0.640. The number of ether oxygens (including phenoxy) is 1. The van der Waals surface area contributed by atoms with Crippen LogP contribution in [0.25, 0.3) is 0 Å². The van der Waals surface area contributed by atoms with Gasteiger partial charge in [0.15, 0.2) is 0 Å². The molecule has 0 fully saturated rings. The first-order valence-electron chi connectivity index (χ1n) is 11.7. The van der Waals surface area contributed by atoms with Crippen LogP contribution in [-0.4, -0.2) is 58.2 Å². The van der Waals surface area contributed by atoms with Crippen molar-refractivity contribution in [2.75, 3.05) is 6.61 Å². The monoisotopic (exact) mass is 463 g/mol. The summed E-state index contributed by atoms with van der Waals surface area (Å²) in [6.07, 6.45) is 0.618. The summed E-state index contributed by atoms with van der Waals surface area (Å²) in [4.78, 5) is 40.7. The Bertz CT molecular complexity index is 786. The van der Waals surface area contributed by atoms with Gasteiger partial charge in [-0.1, -0.05) is 38.1 Å². The van der Waals surface area contributed by atoms with Crippen LogP contribution in [0.5, 0.6) is 0 Å². The molecule has 0 aliphatic heterocycles. The Hall–Kier alpha value is -2.61. The van der Waals surface area contributed by atoms with Crippen molar-refractivity contribution < 1.29 is 24.2 Å². The van der Waals surface area contributed by atoms with Crippen molar-refractivity contribution in [1.29, 1.82) is 0 Å². The van der Waals surface area contributed by atoms with E-state index in [0.717, 1.165) is 12.0 Å². The molecule has 1 aromatic rings. The van der Waals surface area contributed by atoms with Crippen molar-refractivity contribution in [3.05, 3.63) is 35.4 Å². The lowest BCUT2D eigenvalue weighted by Gasteiger charge is -2.38. The minimum Gasteiger partial charge on any atom is -0.444 e. The predicted molar refractivity (Wildman–Crippen MR) is 129 cm³/mol. The van der Waals surface area contributed by atoms with E-state index in [1.165, 1.54) is 4.90 Å². The number of aliphatic hydroxyl groups is 1. The summed E-state index contributed by atoms with van der Waals surface area (Å²) in [5.74, 6) is -0.877. The Morgan fingerprint density at radius 1 is 1.03 bits per heavy atom. The zero-order valence-electron chi connectivity index (χ0n) is 21.3. The average Bonchev–Trinajstić information content (AvgIpc) is 2.73. The summed E-state index contributed by atoms with van der Waals surface area (Å²) in [5.41, 5.74) is 1.01. The second kappa shape index (κ2) is 12.6. The Kier molecular flexibility index (Phi) is 10.8. The standard InChI is InChI=1S/C25H41N3O5/c1-9-17(5)28(23(31)20(15-29)27-24(32)33-25(6,7)8)21(22(30)26-16(3)4)19-13-11-18(10-2)12-14-19/h11-14,16-17,20-21,29H,9-10,15H2,1-8H3,(H,26,30)(H,27,32). The molecule has 0 saturated heterocycles. The number of hydrogen-bond donors (Lipinski definition) is 3. The average molecular weight is 464 g/mol. The maximum Gasteiger partial charge on any atom is 0.408 e. The highest BCUT2D eigenvalue weighted by atomic mass is 16.6. The molecule has 3 unspecified atom stereocenters. The maximum absolute atomic E-state index is 13.6. The number of nitrogens with one attached hydrogen (secondary N) is 2. The topological polar surface area (TPSA) is 108 Å². The molecule has 3 N–H and O–H groups in total. The van der Waals surface area contributed by atoms with E-state index in [2.05, 4.69) is 10.6 Å². The minimum absolute atomic E-state index is 0.127. The number of rotatable bonds is 10.